The molecule has 3 aromatic rings. The van der Waals surface area contributed by atoms with Crippen LogP contribution in [0, 0.1) is 5.41 Å². The Morgan fingerprint density at radius 1 is 1.09 bits per heavy atom. The Labute approximate surface area is 210 Å². The first-order valence-electron chi connectivity index (χ1n) is 11.2. The second kappa shape index (κ2) is 10.1. The molecule has 0 unspecified atom stereocenters. The monoisotopic (exact) mass is 509 g/mol. The van der Waals surface area contributed by atoms with Gasteiger partial charge < -0.3 is 18.9 Å². The number of carbonyl (C=O) groups excluding carboxylic acids is 1. The highest BCUT2D eigenvalue weighted by atomic mass is 32.2. The van der Waals surface area contributed by atoms with E-state index in [0.29, 0.717) is 40.4 Å². The number of ether oxygens (including phenoxy) is 4. The lowest BCUT2D eigenvalue weighted by Crippen LogP contribution is -2.11. The summed E-state index contributed by atoms with van der Waals surface area (Å²) in [5.41, 5.74) is 1.74. The van der Waals surface area contributed by atoms with Crippen molar-refractivity contribution in [3.8, 4) is 23.0 Å². The van der Waals surface area contributed by atoms with Crippen LogP contribution in [0.5, 0.6) is 23.0 Å². The minimum absolute atomic E-state index is 0.125. The fraction of sp³-hybridized carbons (Fsp3) is 0.280. The molecular formula is C25H23N3O5S2. The molecule has 0 bridgehead atoms. The number of allylic oxidation sites excluding steroid dienone is 1. The van der Waals surface area contributed by atoms with Gasteiger partial charge in [0.05, 0.1) is 16.6 Å². The van der Waals surface area contributed by atoms with Gasteiger partial charge >= 0.3 is 0 Å². The zero-order chi connectivity index (χ0) is 24.4. The third-order valence-corrected chi connectivity index (χ3v) is 7.54. The smallest absolute Gasteiger partial charge is 0.231 e. The maximum atomic E-state index is 13.1. The van der Waals surface area contributed by atoms with Gasteiger partial charge in [0.15, 0.2) is 28.8 Å². The van der Waals surface area contributed by atoms with E-state index in [2.05, 4.69) is 10.2 Å². The number of hydrogen-bond acceptors (Lipinski definition) is 10. The predicted molar refractivity (Wildman–Crippen MR) is 135 cm³/mol. The maximum Gasteiger partial charge on any atom is 0.231 e. The van der Waals surface area contributed by atoms with Crippen LogP contribution < -0.4 is 18.9 Å². The number of thioether (sulfide) groups is 1. The number of nitrogens with one attached hydrogen (secondary N) is 1. The summed E-state index contributed by atoms with van der Waals surface area (Å²) in [5.74, 6) is 1.83. The molecule has 35 heavy (non-hydrogen) atoms. The highest BCUT2D eigenvalue weighted by Crippen LogP contribution is 2.42. The van der Waals surface area contributed by atoms with E-state index in [1.54, 1.807) is 6.08 Å². The van der Waals surface area contributed by atoms with Gasteiger partial charge in [0, 0.05) is 0 Å². The Hall–Kier alpha value is -3.37. The van der Waals surface area contributed by atoms with Crippen molar-refractivity contribution >= 4 is 40.0 Å². The lowest BCUT2D eigenvalue weighted by atomic mass is 10.1. The lowest BCUT2D eigenvalue weighted by Gasteiger charge is -2.13. The first kappa shape index (κ1) is 23.4. The number of fused-ring (bicyclic) bond motifs is 1. The Balaban J connectivity index is 1.33. The van der Waals surface area contributed by atoms with E-state index in [9.17, 15) is 4.79 Å². The summed E-state index contributed by atoms with van der Waals surface area (Å²) in [6.45, 7) is 4.93. The molecule has 2 aromatic carbocycles. The van der Waals surface area contributed by atoms with Crippen molar-refractivity contribution in [1.82, 2.24) is 10.2 Å². The minimum atomic E-state index is -0.667. The number of carbonyl (C=O) groups is 1. The molecule has 1 aromatic heterocycles. The molecule has 0 spiro atoms. The van der Waals surface area contributed by atoms with Gasteiger partial charge in [-0.3, -0.25) is 10.2 Å². The predicted octanol–water partition coefficient (Wildman–Crippen LogP) is 5.22. The topological polar surface area (TPSA) is 104 Å². The van der Waals surface area contributed by atoms with Gasteiger partial charge in [-0.05, 0) is 54.8 Å². The second-order valence-electron chi connectivity index (χ2n) is 7.78. The Morgan fingerprint density at radius 2 is 1.94 bits per heavy atom. The SMILES string of the molecule is CCOc1cc(/C=C2\SC(=N)[C@@H](c3nnc(CC)s3)C2=O)ccc1OCc1ccc2c(c1)OCO2. The van der Waals surface area contributed by atoms with Gasteiger partial charge in [-0.25, -0.2) is 0 Å². The van der Waals surface area contributed by atoms with E-state index < -0.39 is 5.92 Å². The Kier molecular flexibility index (Phi) is 6.74. The Morgan fingerprint density at radius 3 is 2.74 bits per heavy atom. The van der Waals surface area contributed by atoms with E-state index in [4.69, 9.17) is 24.4 Å². The molecule has 1 N–H and O–H groups in total. The number of benzene rings is 2. The van der Waals surface area contributed by atoms with Crippen molar-refractivity contribution in [3.05, 3.63) is 62.4 Å². The molecular weight excluding hydrogens is 486 g/mol. The number of hydrogen-bond donors (Lipinski definition) is 1. The fourth-order valence-electron chi connectivity index (χ4n) is 3.69. The zero-order valence-corrected chi connectivity index (χ0v) is 20.8. The van der Waals surface area contributed by atoms with Crippen LogP contribution in [0.3, 0.4) is 0 Å². The molecule has 2 aliphatic heterocycles. The summed E-state index contributed by atoms with van der Waals surface area (Å²) in [4.78, 5) is 13.6. The largest absolute Gasteiger partial charge is 0.490 e. The molecule has 2 aliphatic rings. The van der Waals surface area contributed by atoms with Crippen LogP contribution in [0.25, 0.3) is 6.08 Å². The molecule has 0 saturated carbocycles. The number of nitrogens with zero attached hydrogens (tertiary/aromatic N) is 2. The minimum Gasteiger partial charge on any atom is -0.490 e. The number of ketones is 1. The van der Waals surface area contributed by atoms with Gasteiger partial charge in [-0.15, -0.1) is 21.5 Å². The average Bonchev–Trinajstić information content (AvgIpc) is 3.58. The fourth-order valence-corrected chi connectivity index (χ4v) is 5.64. The van der Waals surface area contributed by atoms with Crippen molar-refractivity contribution in [3.63, 3.8) is 0 Å². The van der Waals surface area contributed by atoms with Crippen molar-refractivity contribution in [2.24, 2.45) is 0 Å². The molecule has 1 saturated heterocycles. The summed E-state index contributed by atoms with van der Waals surface area (Å²) in [6.07, 6.45) is 2.54. The van der Waals surface area contributed by atoms with Gasteiger partial charge in [0.2, 0.25) is 6.79 Å². The van der Waals surface area contributed by atoms with E-state index in [-0.39, 0.29) is 17.6 Å². The summed E-state index contributed by atoms with van der Waals surface area (Å²) < 4.78 is 22.6. The zero-order valence-electron chi connectivity index (χ0n) is 19.2. The molecule has 180 valence electrons. The van der Waals surface area contributed by atoms with E-state index >= 15 is 0 Å². The van der Waals surface area contributed by atoms with Crippen LogP contribution in [-0.4, -0.2) is 34.4 Å². The number of rotatable bonds is 8. The summed E-state index contributed by atoms with van der Waals surface area (Å²) in [7, 11) is 0. The van der Waals surface area contributed by atoms with Crippen LogP contribution in [0.1, 0.15) is 40.9 Å². The average molecular weight is 510 g/mol. The quantitative estimate of drug-likeness (QED) is 0.412. The van der Waals surface area contributed by atoms with Crippen LogP contribution >= 0.6 is 23.1 Å². The number of aryl methyl sites for hydroxylation is 1. The van der Waals surface area contributed by atoms with Crippen molar-refractivity contribution in [2.75, 3.05) is 13.4 Å². The standard InChI is InChI=1S/C25H23N3O5S2/c1-3-21-27-28-25(35-21)22-23(29)20(34-24(22)26)11-14-5-7-16(18(9-14)30-4-2)31-12-15-6-8-17-19(10-15)33-13-32-17/h5-11,22,26H,3-4,12-13H2,1-2H3/b20-11-,26-24?/t22-/m0/s1. The van der Waals surface area contributed by atoms with Gasteiger partial charge in [0.1, 0.15) is 22.5 Å². The number of aromatic nitrogens is 2. The first-order chi connectivity index (χ1) is 17.1. The highest BCUT2D eigenvalue weighted by Gasteiger charge is 2.39. The van der Waals surface area contributed by atoms with Crippen molar-refractivity contribution in [1.29, 1.82) is 5.41 Å². The lowest BCUT2D eigenvalue weighted by molar-refractivity contribution is -0.114. The number of Topliss-reactive ketones (excluding diaryl/α,β-unsaturated/α-hetero) is 1. The molecule has 0 aliphatic carbocycles. The first-order valence-corrected chi connectivity index (χ1v) is 12.8. The molecule has 10 heteroatoms. The van der Waals surface area contributed by atoms with Gasteiger partial charge in [-0.1, -0.05) is 30.8 Å². The highest BCUT2D eigenvalue weighted by molar-refractivity contribution is 8.19. The van der Waals surface area contributed by atoms with Crippen LogP contribution in [0.2, 0.25) is 0 Å². The van der Waals surface area contributed by atoms with E-state index in [0.717, 1.165) is 28.3 Å². The van der Waals surface area contributed by atoms with E-state index in [1.807, 2.05) is 50.2 Å². The maximum absolute atomic E-state index is 13.1. The normalized spacial score (nSPS) is 17.9. The molecule has 1 atom stereocenters. The molecule has 5 rings (SSSR count). The second-order valence-corrected chi connectivity index (χ2v) is 9.95. The van der Waals surface area contributed by atoms with Crippen molar-refractivity contribution < 1.29 is 23.7 Å². The van der Waals surface area contributed by atoms with Crippen LogP contribution in [0.4, 0.5) is 0 Å². The summed E-state index contributed by atoms with van der Waals surface area (Å²) in [6, 6.07) is 11.2. The third-order valence-electron chi connectivity index (χ3n) is 5.42. The summed E-state index contributed by atoms with van der Waals surface area (Å²) in [5, 5.41) is 18.3. The molecule has 1 fully saturated rings. The summed E-state index contributed by atoms with van der Waals surface area (Å²) >= 11 is 2.56. The molecule has 0 radical (unpaired) electrons. The van der Waals surface area contributed by atoms with E-state index in [1.165, 1.54) is 23.1 Å². The van der Waals surface area contributed by atoms with Gasteiger partial charge in [-0.2, -0.15) is 0 Å². The molecule has 0 amide bonds. The van der Waals surface area contributed by atoms with Crippen molar-refractivity contribution in [2.45, 2.75) is 32.8 Å². The molecule has 3 heterocycles. The van der Waals surface area contributed by atoms with Crippen LogP contribution in [0.15, 0.2) is 41.3 Å². The third kappa shape index (κ3) is 4.89. The molecule has 8 nitrogen and oxygen atoms in total. The Bertz CT molecular complexity index is 1320. The van der Waals surface area contributed by atoms with Crippen LogP contribution in [-0.2, 0) is 17.8 Å². The van der Waals surface area contributed by atoms with Gasteiger partial charge in [0.25, 0.3) is 0 Å².